The van der Waals surface area contributed by atoms with Gasteiger partial charge in [-0.25, -0.2) is 8.42 Å². The van der Waals surface area contributed by atoms with Gasteiger partial charge in [-0.2, -0.15) is 0 Å². The Morgan fingerprint density at radius 3 is 1.67 bits per heavy atom. The zero-order valence-corrected chi connectivity index (χ0v) is 14.1. The predicted molar refractivity (Wildman–Crippen MR) is 83.6 cm³/mol. The molecule has 3 N–H and O–H groups in total. The minimum atomic E-state index is -4.48. The molecule has 0 spiro atoms. The van der Waals surface area contributed by atoms with Gasteiger partial charge in [0.25, 0.3) is 0 Å². The fraction of sp³-hybridized carbons (Fsp3) is 1.00. The van der Waals surface area contributed by atoms with Crippen LogP contribution < -0.4 is 5.73 Å². The average molecular weight is 326 g/mol. The van der Waals surface area contributed by atoms with E-state index in [1.807, 2.05) is 0 Å². The summed E-state index contributed by atoms with van der Waals surface area (Å²) in [4.78, 5) is 0. The Hall–Kier alpha value is -0.210. The lowest BCUT2D eigenvalue weighted by molar-refractivity contribution is 0.255. The zero-order valence-electron chi connectivity index (χ0n) is 13.3. The molecule has 0 rings (SSSR count). The number of nitrogens with two attached hydrogens (primary N) is 1. The van der Waals surface area contributed by atoms with Gasteiger partial charge in [-0.05, 0) is 6.42 Å². The molecule has 0 aliphatic rings. The standard InChI is InChI=1S/C12H26O4S.C2H7NO/c1-2-3-4-5-6-7-8-9-10-11-12-16-17(13,14)15;3-1-2-4/h2-12H2,1H3,(H,13,14,15);4H,1-3H2/p-1. The van der Waals surface area contributed by atoms with Crippen LogP contribution in [0.15, 0.2) is 0 Å². The van der Waals surface area contributed by atoms with Crippen molar-refractivity contribution >= 4 is 10.4 Å². The summed E-state index contributed by atoms with van der Waals surface area (Å²) in [6.07, 6.45) is 11.7. The van der Waals surface area contributed by atoms with E-state index in [2.05, 4.69) is 11.1 Å². The molecule has 0 saturated heterocycles. The van der Waals surface area contributed by atoms with E-state index in [0.29, 0.717) is 13.0 Å². The maximum absolute atomic E-state index is 10.1. The van der Waals surface area contributed by atoms with Gasteiger partial charge in [-0.3, -0.25) is 4.18 Å². The molecule has 0 unspecified atom stereocenters. The van der Waals surface area contributed by atoms with Crippen LogP contribution in [-0.2, 0) is 14.6 Å². The summed E-state index contributed by atoms with van der Waals surface area (Å²) < 4.78 is 34.5. The molecule has 7 heteroatoms. The smallest absolute Gasteiger partial charge is 0.217 e. The van der Waals surface area contributed by atoms with Gasteiger partial charge in [0.2, 0.25) is 10.4 Å². The minimum Gasteiger partial charge on any atom is -0.726 e. The van der Waals surface area contributed by atoms with E-state index in [1.165, 1.54) is 44.9 Å². The molecule has 6 nitrogen and oxygen atoms in total. The van der Waals surface area contributed by atoms with Crippen molar-refractivity contribution in [3.63, 3.8) is 0 Å². The number of rotatable bonds is 13. The lowest BCUT2D eigenvalue weighted by atomic mass is 10.1. The third kappa shape index (κ3) is 28.6. The lowest BCUT2D eigenvalue weighted by Gasteiger charge is -2.06. The fourth-order valence-electron chi connectivity index (χ4n) is 1.75. The predicted octanol–water partition coefficient (Wildman–Crippen LogP) is 2.32. The van der Waals surface area contributed by atoms with Crippen molar-refractivity contribution in [3.8, 4) is 0 Å². The SMILES string of the molecule is CCCCCCCCCCCCOS(=O)(=O)[O-].NCCO. The van der Waals surface area contributed by atoms with Crippen molar-refractivity contribution in [2.24, 2.45) is 5.73 Å². The minimum absolute atomic E-state index is 0.0301. The molecule has 0 fully saturated rings. The van der Waals surface area contributed by atoms with Crippen molar-refractivity contribution in [1.82, 2.24) is 0 Å². The second-order valence-electron chi connectivity index (χ2n) is 4.92. The normalized spacial score (nSPS) is 11.0. The van der Waals surface area contributed by atoms with Crippen molar-refractivity contribution in [1.29, 1.82) is 0 Å². The highest BCUT2D eigenvalue weighted by atomic mass is 32.3. The lowest BCUT2D eigenvalue weighted by Crippen LogP contribution is -2.05. The maximum atomic E-state index is 10.1. The van der Waals surface area contributed by atoms with Crippen LogP contribution in [0.4, 0.5) is 0 Å². The van der Waals surface area contributed by atoms with Crippen LogP contribution in [0.1, 0.15) is 71.1 Å². The zero-order chi connectivity index (χ0) is 16.4. The van der Waals surface area contributed by atoms with E-state index in [-0.39, 0.29) is 13.2 Å². The van der Waals surface area contributed by atoms with Crippen LogP contribution in [0.5, 0.6) is 0 Å². The number of unbranched alkanes of at least 4 members (excludes halogenated alkanes) is 9. The first kappa shape index (κ1) is 23.1. The summed E-state index contributed by atoms with van der Waals surface area (Å²) in [6, 6.07) is 0. The summed E-state index contributed by atoms with van der Waals surface area (Å²) in [5.41, 5.74) is 4.78. The van der Waals surface area contributed by atoms with Crippen LogP contribution in [0.25, 0.3) is 0 Å². The first-order valence-electron chi connectivity index (χ1n) is 7.89. The molecular formula is C14H32NO5S-. The Morgan fingerprint density at radius 2 is 1.33 bits per heavy atom. The molecule has 0 saturated carbocycles. The van der Waals surface area contributed by atoms with Gasteiger partial charge < -0.3 is 15.4 Å². The highest BCUT2D eigenvalue weighted by molar-refractivity contribution is 7.80. The topological polar surface area (TPSA) is 113 Å². The molecule has 0 radical (unpaired) electrons. The van der Waals surface area contributed by atoms with Crippen molar-refractivity contribution in [2.75, 3.05) is 19.8 Å². The quantitative estimate of drug-likeness (QED) is 0.305. The molecule has 0 aromatic heterocycles. The van der Waals surface area contributed by atoms with Gasteiger partial charge in [0.15, 0.2) is 0 Å². The van der Waals surface area contributed by atoms with E-state index in [0.717, 1.165) is 12.8 Å². The Balaban J connectivity index is 0. The van der Waals surface area contributed by atoms with E-state index in [1.54, 1.807) is 0 Å². The van der Waals surface area contributed by atoms with E-state index < -0.39 is 10.4 Å². The molecule has 0 aromatic rings. The van der Waals surface area contributed by atoms with Crippen LogP contribution >= 0.6 is 0 Å². The fourth-order valence-corrected chi connectivity index (χ4v) is 2.07. The van der Waals surface area contributed by atoms with Gasteiger partial charge >= 0.3 is 0 Å². The average Bonchev–Trinajstić information content (AvgIpc) is 2.44. The molecule has 0 bridgehead atoms. The molecule has 0 aliphatic heterocycles. The Kier molecular flexibility index (Phi) is 19.6. The second-order valence-corrected chi connectivity index (χ2v) is 5.98. The maximum Gasteiger partial charge on any atom is 0.217 e. The number of aliphatic hydroxyl groups is 1. The monoisotopic (exact) mass is 326 g/mol. The molecule has 21 heavy (non-hydrogen) atoms. The van der Waals surface area contributed by atoms with Crippen molar-refractivity contribution < 1.29 is 22.3 Å². The Bertz CT molecular complexity index is 281. The highest BCUT2D eigenvalue weighted by Crippen LogP contribution is 2.10. The third-order valence-corrected chi connectivity index (χ3v) is 3.31. The van der Waals surface area contributed by atoms with Gasteiger partial charge in [0, 0.05) is 6.54 Å². The molecule has 130 valence electrons. The van der Waals surface area contributed by atoms with Crippen LogP contribution in [0.3, 0.4) is 0 Å². The van der Waals surface area contributed by atoms with E-state index in [9.17, 15) is 13.0 Å². The van der Waals surface area contributed by atoms with Gasteiger partial charge in [-0.1, -0.05) is 64.7 Å². The highest BCUT2D eigenvalue weighted by Gasteiger charge is 1.95. The molecule has 0 aliphatic carbocycles. The van der Waals surface area contributed by atoms with Gasteiger partial charge in [0.05, 0.1) is 13.2 Å². The van der Waals surface area contributed by atoms with Crippen LogP contribution in [0, 0.1) is 0 Å². The van der Waals surface area contributed by atoms with E-state index >= 15 is 0 Å². The van der Waals surface area contributed by atoms with Crippen LogP contribution in [0.2, 0.25) is 0 Å². The van der Waals surface area contributed by atoms with E-state index in [4.69, 9.17) is 10.8 Å². The third-order valence-electron chi connectivity index (χ3n) is 2.85. The molecule has 0 amide bonds. The molecule has 0 atom stereocenters. The number of aliphatic hydroxyl groups excluding tert-OH is 1. The summed E-state index contributed by atoms with van der Waals surface area (Å²) in [7, 11) is -4.48. The second kappa shape index (κ2) is 17.8. The van der Waals surface area contributed by atoms with Crippen molar-refractivity contribution in [3.05, 3.63) is 0 Å². The summed E-state index contributed by atoms with van der Waals surface area (Å²) in [5, 5.41) is 7.75. The molecule has 0 heterocycles. The molecule has 0 aromatic carbocycles. The number of hydrogen-bond acceptors (Lipinski definition) is 6. The Morgan fingerprint density at radius 1 is 0.952 bits per heavy atom. The largest absolute Gasteiger partial charge is 0.726 e. The first-order chi connectivity index (χ1) is 9.97. The molecular weight excluding hydrogens is 294 g/mol. The van der Waals surface area contributed by atoms with Crippen LogP contribution in [-0.4, -0.2) is 37.8 Å². The van der Waals surface area contributed by atoms with Gasteiger partial charge in [0.1, 0.15) is 0 Å². The summed E-state index contributed by atoms with van der Waals surface area (Å²) in [5.74, 6) is 0. The van der Waals surface area contributed by atoms with Gasteiger partial charge in [-0.15, -0.1) is 0 Å². The Labute approximate surface area is 130 Å². The first-order valence-corrected chi connectivity index (χ1v) is 9.22. The summed E-state index contributed by atoms with van der Waals surface area (Å²) in [6.45, 7) is 2.71. The van der Waals surface area contributed by atoms with Crippen molar-refractivity contribution in [2.45, 2.75) is 71.1 Å². The number of hydrogen-bond donors (Lipinski definition) is 2. The summed E-state index contributed by atoms with van der Waals surface area (Å²) >= 11 is 0.